The summed E-state index contributed by atoms with van der Waals surface area (Å²) in [6, 6.07) is 29.7. The molecule has 0 spiro atoms. The molecule has 0 aliphatic carbocycles. The zero-order chi connectivity index (χ0) is 19.9. The Kier molecular flexibility index (Phi) is 6.07. The normalized spacial score (nSPS) is 10.5. The Morgan fingerprint density at radius 2 is 1.48 bits per heavy atom. The molecule has 0 saturated heterocycles. The summed E-state index contributed by atoms with van der Waals surface area (Å²) < 4.78 is 11.3. The second kappa shape index (κ2) is 9.26. The van der Waals surface area contributed by atoms with E-state index in [2.05, 4.69) is 17.1 Å². The fraction of sp³-hybridized carbons (Fsp3) is 0.0833. The van der Waals surface area contributed by atoms with E-state index in [1.54, 1.807) is 18.9 Å². The molecule has 1 heterocycles. The van der Waals surface area contributed by atoms with Crippen molar-refractivity contribution in [3.05, 3.63) is 96.6 Å². The zero-order valence-corrected chi connectivity index (χ0v) is 16.8. The van der Waals surface area contributed by atoms with Gasteiger partial charge in [-0.1, -0.05) is 78.5 Å². The van der Waals surface area contributed by atoms with Crippen molar-refractivity contribution in [1.82, 2.24) is 9.97 Å². The lowest BCUT2D eigenvalue weighted by molar-refractivity contribution is 0.406. The molecule has 0 unspecified atom stereocenters. The Bertz CT molecular complexity index is 1070. The highest BCUT2D eigenvalue weighted by molar-refractivity contribution is 7.98. The van der Waals surface area contributed by atoms with Crippen LogP contribution in [0.15, 0.2) is 96.2 Å². The summed E-state index contributed by atoms with van der Waals surface area (Å²) in [4.78, 5) is 9.35. The monoisotopic (exact) mass is 400 g/mol. The van der Waals surface area contributed by atoms with Crippen molar-refractivity contribution in [3.8, 4) is 28.6 Å². The van der Waals surface area contributed by atoms with E-state index < -0.39 is 0 Å². The van der Waals surface area contributed by atoms with E-state index in [0.717, 1.165) is 22.8 Å². The summed E-state index contributed by atoms with van der Waals surface area (Å²) in [6.45, 7) is 0. The van der Waals surface area contributed by atoms with Gasteiger partial charge in [0.2, 0.25) is 5.88 Å². The summed E-state index contributed by atoms with van der Waals surface area (Å²) in [5.41, 5.74) is 3.07. The quantitative estimate of drug-likeness (QED) is 0.271. The van der Waals surface area contributed by atoms with Crippen LogP contribution in [0.25, 0.3) is 11.3 Å². The van der Waals surface area contributed by atoms with Crippen molar-refractivity contribution >= 4 is 11.8 Å². The van der Waals surface area contributed by atoms with Crippen LogP contribution < -0.4 is 9.47 Å². The largest absolute Gasteiger partial charge is 0.497 e. The van der Waals surface area contributed by atoms with E-state index in [-0.39, 0.29) is 0 Å². The van der Waals surface area contributed by atoms with Gasteiger partial charge >= 0.3 is 0 Å². The van der Waals surface area contributed by atoms with Crippen molar-refractivity contribution in [2.75, 3.05) is 7.11 Å². The van der Waals surface area contributed by atoms with Gasteiger partial charge in [-0.2, -0.15) is 4.98 Å². The van der Waals surface area contributed by atoms with Crippen LogP contribution >= 0.6 is 11.8 Å². The van der Waals surface area contributed by atoms with Crippen LogP contribution in [-0.4, -0.2) is 17.1 Å². The van der Waals surface area contributed by atoms with Gasteiger partial charge in [-0.3, -0.25) is 0 Å². The molecule has 144 valence electrons. The van der Waals surface area contributed by atoms with Crippen LogP contribution in [0.2, 0.25) is 0 Å². The third-order valence-electron chi connectivity index (χ3n) is 4.23. The van der Waals surface area contributed by atoms with Crippen molar-refractivity contribution < 1.29 is 9.47 Å². The van der Waals surface area contributed by atoms with Crippen molar-refractivity contribution in [1.29, 1.82) is 0 Å². The molecule has 0 saturated carbocycles. The van der Waals surface area contributed by atoms with Gasteiger partial charge in [-0.15, -0.1) is 0 Å². The molecule has 0 N–H and O–H groups in total. The molecule has 0 atom stereocenters. The van der Waals surface area contributed by atoms with E-state index in [1.165, 1.54) is 5.56 Å². The van der Waals surface area contributed by atoms with Crippen LogP contribution in [0, 0.1) is 0 Å². The summed E-state index contributed by atoms with van der Waals surface area (Å²) in [5, 5.41) is 0.674. The molecule has 1 aromatic heterocycles. The highest BCUT2D eigenvalue weighted by Gasteiger charge is 2.10. The van der Waals surface area contributed by atoms with E-state index in [1.807, 2.05) is 78.9 Å². The lowest BCUT2D eigenvalue weighted by Gasteiger charge is -2.10. The predicted molar refractivity (Wildman–Crippen MR) is 117 cm³/mol. The molecule has 0 aliphatic heterocycles. The van der Waals surface area contributed by atoms with Crippen LogP contribution in [-0.2, 0) is 5.75 Å². The Morgan fingerprint density at radius 3 is 2.24 bits per heavy atom. The standard InChI is InChI=1S/C24H20N2O2S/c1-27-20-13-8-14-21(15-20)28-23-16-22(19-11-6-3-7-12-19)25-24(26-23)29-17-18-9-4-2-5-10-18/h2-16H,17H2,1H3. The van der Waals surface area contributed by atoms with E-state index in [0.29, 0.717) is 16.8 Å². The number of rotatable bonds is 7. The molecule has 3 aromatic carbocycles. The topological polar surface area (TPSA) is 44.2 Å². The summed E-state index contributed by atoms with van der Waals surface area (Å²) in [7, 11) is 1.63. The lowest BCUT2D eigenvalue weighted by Crippen LogP contribution is -1.96. The summed E-state index contributed by atoms with van der Waals surface area (Å²) >= 11 is 1.59. The van der Waals surface area contributed by atoms with Gasteiger partial charge in [0.1, 0.15) is 11.5 Å². The lowest BCUT2D eigenvalue weighted by atomic mass is 10.1. The molecule has 29 heavy (non-hydrogen) atoms. The first kappa shape index (κ1) is 19.0. The van der Waals surface area contributed by atoms with Crippen LogP contribution in [0.5, 0.6) is 17.4 Å². The molecule has 5 heteroatoms. The highest BCUT2D eigenvalue weighted by Crippen LogP contribution is 2.30. The van der Waals surface area contributed by atoms with Gasteiger partial charge < -0.3 is 9.47 Å². The molecular formula is C24H20N2O2S. The third-order valence-corrected chi connectivity index (χ3v) is 5.14. The second-order valence-electron chi connectivity index (χ2n) is 6.30. The Labute approximate surface area is 174 Å². The number of nitrogens with zero attached hydrogens (tertiary/aromatic N) is 2. The van der Waals surface area contributed by atoms with Crippen molar-refractivity contribution in [3.63, 3.8) is 0 Å². The SMILES string of the molecule is COc1cccc(Oc2cc(-c3ccccc3)nc(SCc3ccccc3)n2)c1. The third kappa shape index (κ3) is 5.15. The van der Waals surface area contributed by atoms with Crippen LogP contribution in [0.1, 0.15) is 5.56 Å². The maximum atomic E-state index is 6.03. The Morgan fingerprint density at radius 1 is 0.759 bits per heavy atom. The Balaban J connectivity index is 1.64. The van der Waals surface area contributed by atoms with Crippen molar-refractivity contribution in [2.24, 2.45) is 0 Å². The molecule has 0 radical (unpaired) electrons. The molecule has 0 amide bonds. The predicted octanol–water partition coefficient (Wildman–Crippen LogP) is 6.24. The van der Waals surface area contributed by atoms with E-state index in [4.69, 9.17) is 14.5 Å². The molecule has 0 bridgehead atoms. The van der Waals surface area contributed by atoms with Gasteiger partial charge in [-0.05, 0) is 17.7 Å². The number of hydrogen-bond acceptors (Lipinski definition) is 5. The minimum absolute atomic E-state index is 0.502. The molecule has 4 rings (SSSR count). The first-order valence-corrected chi connectivity index (χ1v) is 10.2. The average Bonchev–Trinajstić information content (AvgIpc) is 2.79. The molecule has 0 fully saturated rings. The van der Waals surface area contributed by atoms with Gasteiger partial charge in [0, 0.05) is 23.4 Å². The van der Waals surface area contributed by atoms with Crippen molar-refractivity contribution in [2.45, 2.75) is 10.9 Å². The average molecular weight is 401 g/mol. The molecule has 0 aliphatic rings. The van der Waals surface area contributed by atoms with Crippen LogP contribution in [0.4, 0.5) is 0 Å². The minimum atomic E-state index is 0.502. The number of benzene rings is 3. The number of ether oxygens (including phenoxy) is 2. The fourth-order valence-electron chi connectivity index (χ4n) is 2.78. The van der Waals surface area contributed by atoms with Gasteiger partial charge in [0.05, 0.1) is 12.8 Å². The highest BCUT2D eigenvalue weighted by atomic mass is 32.2. The minimum Gasteiger partial charge on any atom is -0.497 e. The first-order chi connectivity index (χ1) is 14.3. The second-order valence-corrected chi connectivity index (χ2v) is 7.24. The Hall–Kier alpha value is -3.31. The summed E-state index contributed by atoms with van der Waals surface area (Å²) in [6.07, 6.45) is 0. The van der Waals surface area contributed by atoms with E-state index >= 15 is 0 Å². The van der Waals surface area contributed by atoms with Gasteiger partial charge in [0.25, 0.3) is 0 Å². The first-order valence-electron chi connectivity index (χ1n) is 9.23. The fourth-order valence-corrected chi connectivity index (χ4v) is 3.59. The zero-order valence-electron chi connectivity index (χ0n) is 16.0. The smallest absolute Gasteiger partial charge is 0.223 e. The summed E-state index contributed by atoms with van der Waals surface area (Å²) in [5.74, 6) is 2.69. The number of aromatic nitrogens is 2. The van der Waals surface area contributed by atoms with Crippen LogP contribution in [0.3, 0.4) is 0 Å². The number of hydrogen-bond donors (Lipinski definition) is 0. The maximum Gasteiger partial charge on any atom is 0.223 e. The molecular weight excluding hydrogens is 380 g/mol. The molecule has 4 nitrogen and oxygen atoms in total. The number of methoxy groups -OCH3 is 1. The van der Waals surface area contributed by atoms with Gasteiger partial charge in [0.15, 0.2) is 5.16 Å². The maximum absolute atomic E-state index is 6.03. The molecule has 4 aromatic rings. The van der Waals surface area contributed by atoms with E-state index in [9.17, 15) is 0 Å². The number of thioether (sulfide) groups is 1. The van der Waals surface area contributed by atoms with Gasteiger partial charge in [-0.25, -0.2) is 4.98 Å².